The van der Waals surface area contributed by atoms with Crippen LogP contribution in [-0.2, 0) is 19.5 Å². The molecule has 158 valence electrons. The lowest BCUT2D eigenvalue weighted by molar-refractivity contribution is 0.0642. The van der Waals surface area contributed by atoms with Gasteiger partial charge in [-0.2, -0.15) is 0 Å². The van der Waals surface area contributed by atoms with Gasteiger partial charge in [0, 0.05) is 9.75 Å². The van der Waals surface area contributed by atoms with Crippen LogP contribution in [0.15, 0.2) is 54.6 Å². The van der Waals surface area contributed by atoms with Crippen LogP contribution >= 0.6 is 11.3 Å². The monoisotopic (exact) mass is 434 g/mol. The maximum Gasteiger partial charge on any atom is 0.261 e. The van der Waals surface area contributed by atoms with Crippen LogP contribution in [0.5, 0.6) is 5.75 Å². The molecule has 0 saturated carbocycles. The molecule has 0 saturated heterocycles. The first-order valence-corrected chi connectivity index (χ1v) is 10.8. The van der Waals surface area contributed by atoms with Crippen molar-refractivity contribution in [3.8, 4) is 5.75 Å². The zero-order chi connectivity index (χ0) is 22.0. The van der Waals surface area contributed by atoms with E-state index in [4.69, 9.17) is 4.74 Å². The Bertz CT molecular complexity index is 1130. The topological polar surface area (TPSA) is 75.7 Å². The number of rotatable bonds is 7. The second-order valence-corrected chi connectivity index (χ2v) is 8.43. The van der Waals surface area contributed by atoms with Crippen molar-refractivity contribution in [1.82, 2.24) is 10.2 Å². The Morgan fingerprint density at radius 2 is 1.68 bits per heavy atom. The molecule has 3 aromatic rings. The number of carbonyl (C=O) groups excluding carboxylic acids is 3. The van der Waals surface area contributed by atoms with Crippen molar-refractivity contribution in [2.24, 2.45) is 0 Å². The maximum absolute atomic E-state index is 12.8. The molecule has 0 radical (unpaired) electrons. The maximum atomic E-state index is 12.8. The fourth-order valence-electron chi connectivity index (χ4n) is 3.57. The smallest absolute Gasteiger partial charge is 0.261 e. The predicted molar refractivity (Wildman–Crippen MR) is 119 cm³/mol. The van der Waals surface area contributed by atoms with Gasteiger partial charge in [-0.3, -0.25) is 19.3 Å². The SMILES string of the molecule is CCc1ccc(CNC(=O)c2cc(CN3C(=O)c4ccccc4C3=O)ccc2OC)s1. The van der Waals surface area contributed by atoms with Gasteiger partial charge in [-0.1, -0.05) is 25.1 Å². The van der Waals surface area contributed by atoms with Gasteiger partial charge in [-0.15, -0.1) is 11.3 Å². The number of benzene rings is 2. The van der Waals surface area contributed by atoms with E-state index in [1.165, 1.54) is 16.9 Å². The predicted octanol–water partition coefficient (Wildman–Crippen LogP) is 4.05. The van der Waals surface area contributed by atoms with Gasteiger partial charge in [0.2, 0.25) is 0 Å². The first kappa shape index (κ1) is 20.8. The number of imide groups is 1. The highest BCUT2D eigenvalue weighted by Crippen LogP contribution is 2.26. The molecular formula is C24H22N2O4S. The normalized spacial score (nSPS) is 12.8. The van der Waals surface area contributed by atoms with Gasteiger partial charge < -0.3 is 10.1 Å². The zero-order valence-corrected chi connectivity index (χ0v) is 18.1. The third-order valence-corrected chi connectivity index (χ3v) is 6.45. The van der Waals surface area contributed by atoms with Crippen molar-refractivity contribution in [1.29, 1.82) is 0 Å². The standard InChI is InChI=1S/C24H22N2O4S/c1-3-16-9-10-17(31-16)13-25-22(27)20-12-15(8-11-21(20)30-2)14-26-23(28)18-6-4-5-7-19(18)24(26)29/h4-12H,3,13-14H2,1-2H3,(H,25,27). The molecule has 0 aliphatic carbocycles. The summed E-state index contributed by atoms with van der Waals surface area (Å²) in [7, 11) is 1.50. The second-order valence-electron chi connectivity index (χ2n) is 7.18. The van der Waals surface area contributed by atoms with Crippen molar-refractivity contribution in [2.45, 2.75) is 26.4 Å². The Morgan fingerprint density at radius 1 is 1.00 bits per heavy atom. The Labute approximate surface area is 184 Å². The van der Waals surface area contributed by atoms with Crippen LogP contribution in [0.4, 0.5) is 0 Å². The lowest BCUT2D eigenvalue weighted by atomic mass is 10.1. The van der Waals surface area contributed by atoms with Crippen molar-refractivity contribution in [3.05, 3.63) is 86.6 Å². The lowest BCUT2D eigenvalue weighted by Crippen LogP contribution is -2.29. The number of fused-ring (bicyclic) bond motifs is 1. The van der Waals surface area contributed by atoms with Crippen molar-refractivity contribution >= 4 is 29.1 Å². The van der Waals surface area contributed by atoms with Gasteiger partial charge in [-0.05, 0) is 48.4 Å². The minimum Gasteiger partial charge on any atom is -0.496 e. The van der Waals surface area contributed by atoms with E-state index in [1.54, 1.807) is 53.8 Å². The highest BCUT2D eigenvalue weighted by molar-refractivity contribution is 7.11. The summed E-state index contributed by atoms with van der Waals surface area (Å²) in [5, 5.41) is 2.92. The molecule has 31 heavy (non-hydrogen) atoms. The molecule has 0 bridgehead atoms. The fourth-order valence-corrected chi connectivity index (χ4v) is 4.46. The summed E-state index contributed by atoms with van der Waals surface area (Å²) in [6, 6.07) is 16.0. The van der Waals surface area contributed by atoms with E-state index >= 15 is 0 Å². The summed E-state index contributed by atoms with van der Waals surface area (Å²) in [6.45, 7) is 2.61. The quantitative estimate of drug-likeness (QED) is 0.570. The molecule has 0 atom stereocenters. The lowest BCUT2D eigenvalue weighted by Gasteiger charge is -2.16. The fraction of sp³-hybridized carbons (Fsp3) is 0.208. The van der Waals surface area contributed by atoms with Crippen LogP contribution in [0.25, 0.3) is 0 Å². The second kappa shape index (κ2) is 8.73. The van der Waals surface area contributed by atoms with Gasteiger partial charge >= 0.3 is 0 Å². The van der Waals surface area contributed by atoms with Crippen LogP contribution in [0, 0.1) is 0 Å². The van der Waals surface area contributed by atoms with Gasteiger partial charge in [0.05, 0.1) is 36.9 Å². The van der Waals surface area contributed by atoms with E-state index in [0.717, 1.165) is 11.3 Å². The minimum atomic E-state index is -0.327. The van der Waals surface area contributed by atoms with Crippen LogP contribution < -0.4 is 10.1 Å². The van der Waals surface area contributed by atoms with E-state index < -0.39 is 0 Å². The largest absolute Gasteiger partial charge is 0.496 e. The third kappa shape index (κ3) is 4.09. The summed E-state index contributed by atoms with van der Waals surface area (Å²) in [4.78, 5) is 41.7. The zero-order valence-electron chi connectivity index (χ0n) is 17.3. The number of aryl methyl sites for hydroxylation is 1. The molecule has 0 spiro atoms. The first-order chi connectivity index (χ1) is 15.0. The molecule has 2 heterocycles. The Morgan fingerprint density at radius 3 is 2.29 bits per heavy atom. The summed E-state index contributed by atoms with van der Waals surface area (Å²) in [5.74, 6) is -0.491. The highest BCUT2D eigenvalue weighted by atomic mass is 32.1. The molecular weight excluding hydrogens is 412 g/mol. The number of ether oxygens (including phenoxy) is 1. The molecule has 0 unspecified atom stereocenters. The number of hydrogen-bond acceptors (Lipinski definition) is 5. The number of carbonyl (C=O) groups is 3. The van der Waals surface area contributed by atoms with Gasteiger partial charge in [0.15, 0.2) is 0 Å². The summed E-state index contributed by atoms with van der Waals surface area (Å²) in [5.41, 5.74) is 1.84. The summed E-state index contributed by atoms with van der Waals surface area (Å²) >= 11 is 1.67. The molecule has 1 aliphatic rings. The first-order valence-electron chi connectivity index (χ1n) is 9.99. The van der Waals surface area contributed by atoms with Gasteiger partial charge in [-0.25, -0.2) is 0 Å². The summed E-state index contributed by atoms with van der Waals surface area (Å²) < 4.78 is 5.35. The Hall–Kier alpha value is -3.45. The Kier molecular flexibility index (Phi) is 5.86. The van der Waals surface area contributed by atoms with Gasteiger partial charge in [0.25, 0.3) is 17.7 Å². The van der Waals surface area contributed by atoms with Gasteiger partial charge in [0.1, 0.15) is 5.75 Å². The van der Waals surface area contributed by atoms with Crippen LogP contribution in [0.1, 0.15) is 53.3 Å². The Balaban J connectivity index is 1.51. The molecule has 4 rings (SSSR count). The number of nitrogens with one attached hydrogen (secondary N) is 1. The average Bonchev–Trinajstić information content (AvgIpc) is 3.36. The number of methoxy groups -OCH3 is 1. The molecule has 1 aromatic heterocycles. The number of hydrogen-bond donors (Lipinski definition) is 1. The molecule has 3 amide bonds. The summed E-state index contributed by atoms with van der Waals surface area (Å²) in [6.07, 6.45) is 0.965. The molecule has 0 fully saturated rings. The van der Waals surface area contributed by atoms with Crippen molar-refractivity contribution < 1.29 is 19.1 Å². The molecule has 7 heteroatoms. The van der Waals surface area contributed by atoms with E-state index in [0.29, 0.717) is 34.5 Å². The molecule has 2 aromatic carbocycles. The van der Waals surface area contributed by atoms with E-state index in [2.05, 4.69) is 18.3 Å². The molecule has 6 nitrogen and oxygen atoms in total. The minimum absolute atomic E-state index is 0.0847. The molecule has 1 aliphatic heterocycles. The number of nitrogens with zero attached hydrogens (tertiary/aromatic N) is 1. The average molecular weight is 435 g/mol. The van der Waals surface area contributed by atoms with Crippen LogP contribution in [-0.4, -0.2) is 29.7 Å². The number of amides is 3. The van der Waals surface area contributed by atoms with E-state index in [-0.39, 0.29) is 24.3 Å². The highest BCUT2D eigenvalue weighted by Gasteiger charge is 2.35. The molecule has 1 N–H and O–H groups in total. The number of thiophene rings is 1. The van der Waals surface area contributed by atoms with Crippen LogP contribution in [0.3, 0.4) is 0 Å². The van der Waals surface area contributed by atoms with Crippen LogP contribution in [0.2, 0.25) is 0 Å². The third-order valence-electron chi connectivity index (χ3n) is 5.22. The van der Waals surface area contributed by atoms with E-state index in [1.807, 2.05) is 6.07 Å². The van der Waals surface area contributed by atoms with Crippen molar-refractivity contribution in [3.63, 3.8) is 0 Å². The van der Waals surface area contributed by atoms with E-state index in [9.17, 15) is 14.4 Å². The van der Waals surface area contributed by atoms with Crippen molar-refractivity contribution in [2.75, 3.05) is 7.11 Å².